The highest BCUT2D eigenvalue weighted by Crippen LogP contribution is 2.50. The molecule has 7 rings (SSSR count). The first kappa shape index (κ1) is 23.5. The standard InChI is InChI=1S/C28H24F3N5O5S/c1-35-21-12-20(23-17(25(35)37)5-4-6-22(23)41-42(39,40)28(29,30)31)36-19-11-15(7-8-18(19)34-24(21)36)16-13-32-26(33-14-16)27(38)9-2-3-10-27/h4-8,11,13-14,20-21,38H,2-3,9-10,12H2,1H3/t20-,21-/m1/s1/i1D3. The molecular formula is C28H24F3N5O5S. The van der Waals surface area contributed by atoms with Crippen LogP contribution in [0.1, 0.15) is 75.9 Å². The molecule has 2 aromatic carbocycles. The van der Waals surface area contributed by atoms with E-state index < -0.39 is 51.9 Å². The van der Waals surface area contributed by atoms with Gasteiger partial charge in [0.15, 0.2) is 5.82 Å². The maximum atomic E-state index is 13.7. The molecule has 1 fully saturated rings. The van der Waals surface area contributed by atoms with Gasteiger partial charge in [-0.1, -0.05) is 12.1 Å². The van der Waals surface area contributed by atoms with Gasteiger partial charge in [-0.3, -0.25) is 4.79 Å². The van der Waals surface area contributed by atoms with Gasteiger partial charge < -0.3 is 18.8 Å². The Bertz CT molecular complexity index is 1980. The highest BCUT2D eigenvalue weighted by molar-refractivity contribution is 7.88. The van der Waals surface area contributed by atoms with Crippen molar-refractivity contribution in [2.45, 2.75) is 55.3 Å². The summed E-state index contributed by atoms with van der Waals surface area (Å²) in [7, 11) is -6.13. The maximum Gasteiger partial charge on any atom is 0.534 e. The fraction of sp³-hybridized carbons (Fsp3) is 0.357. The van der Waals surface area contributed by atoms with Crippen LogP contribution in [0.25, 0.3) is 22.2 Å². The monoisotopic (exact) mass is 602 g/mol. The van der Waals surface area contributed by atoms with Crippen molar-refractivity contribution in [2.24, 2.45) is 0 Å². The van der Waals surface area contributed by atoms with E-state index in [1.54, 1.807) is 35.2 Å². The topological polar surface area (TPSA) is 128 Å². The number of hydrogen-bond donors (Lipinski definition) is 1. The van der Waals surface area contributed by atoms with E-state index in [0.29, 0.717) is 45.7 Å². The van der Waals surface area contributed by atoms with E-state index in [1.807, 2.05) is 0 Å². The maximum absolute atomic E-state index is 13.7. The lowest BCUT2D eigenvalue weighted by molar-refractivity contribution is -0.0500. The van der Waals surface area contributed by atoms with Crippen LogP contribution in [0.3, 0.4) is 0 Å². The molecule has 2 bridgehead atoms. The third kappa shape index (κ3) is 3.91. The molecule has 2 atom stereocenters. The summed E-state index contributed by atoms with van der Waals surface area (Å²) in [6.07, 6.45) is 5.91. The van der Waals surface area contributed by atoms with Gasteiger partial charge in [-0.05, 0) is 55.5 Å². The largest absolute Gasteiger partial charge is 0.534 e. The van der Waals surface area contributed by atoms with Gasteiger partial charge in [-0.25, -0.2) is 15.0 Å². The minimum absolute atomic E-state index is 0.109. The Labute approximate surface area is 242 Å². The predicted molar refractivity (Wildman–Crippen MR) is 143 cm³/mol. The summed E-state index contributed by atoms with van der Waals surface area (Å²) in [5, 5.41) is 10.9. The highest BCUT2D eigenvalue weighted by Gasteiger charge is 2.50. The van der Waals surface area contributed by atoms with E-state index in [9.17, 15) is 31.5 Å². The second-order valence-corrected chi connectivity index (χ2v) is 12.3. The number of fused-ring (bicyclic) bond motifs is 9. The Balaban J connectivity index is 1.39. The zero-order chi connectivity index (χ0) is 32.1. The minimum atomic E-state index is -6.13. The molecule has 1 N–H and O–H groups in total. The average molecular weight is 603 g/mol. The number of carbonyl (C=O) groups excluding carboxylic acids is 1. The SMILES string of the molecule is [2H]C([2H])([2H])N1C(=O)c2cccc(OS(=O)(=O)C(F)(F)F)c2[C@H]2C[C@@H]1c1nc3ccc(-c4cnc(C5(O)CCCC5)nc4)cc3n12. The number of alkyl halides is 3. The van der Waals surface area contributed by atoms with Crippen LogP contribution >= 0.6 is 0 Å². The fourth-order valence-electron chi connectivity index (χ4n) is 6.23. The first-order valence-electron chi connectivity index (χ1n) is 14.6. The van der Waals surface area contributed by atoms with Gasteiger partial charge in [0.05, 0.1) is 23.1 Å². The molecule has 4 aromatic rings. The van der Waals surface area contributed by atoms with Crippen LogP contribution in [-0.2, 0) is 15.7 Å². The van der Waals surface area contributed by atoms with E-state index in [-0.39, 0.29) is 23.4 Å². The minimum Gasteiger partial charge on any atom is -0.382 e. The third-order valence-electron chi connectivity index (χ3n) is 8.25. The van der Waals surface area contributed by atoms with Crippen LogP contribution in [0, 0.1) is 0 Å². The summed E-state index contributed by atoms with van der Waals surface area (Å²) >= 11 is 0. The second-order valence-electron chi connectivity index (χ2n) is 10.7. The molecule has 1 aliphatic carbocycles. The van der Waals surface area contributed by atoms with Crippen LogP contribution in [0.15, 0.2) is 48.8 Å². The number of rotatable bonds is 4. The van der Waals surface area contributed by atoms with Crippen molar-refractivity contribution >= 4 is 27.1 Å². The number of halogens is 3. The van der Waals surface area contributed by atoms with Crippen molar-refractivity contribution in [3.05, 3.63) is 71.6 Å². The molecule has 3 aliphatic rings. The lowest BCUT2D eigenvalue weighted by atomic mass is 9.97. The van der Waals surface area contributed by atoms with Crippen LogP contribution in [-0.4, -0.2) is 56.3 Å². The molecule has 4 heterocycles. The van der Waals surface area contributed by atoms with E-state index >= 15 is 0 Å². The normalized spacial score (nSPS) is 22.7. The van der Waals surface area contributed by atoms with E-state index in [1.165, 1.54) is 6.07 Å². The Morgan fingerprint density at radius 3 is 2.52 bits per heavy atom. The zero-order valence-electron chi connectivity index (χ0n) is 24.7. The van der Waals surface area contributed by atoms with Crippen molar-refractivity contribution < 1.29 is 39.8 Å². The first-order valence-corrected chi connectivity index (χ1v) is 14.5. The molecule has 0 saturated heterocycles. The molecule has 2 aromatic heterocycles. The van der Waals surface area contributed by atoms with Gasteiger partial charge in [0.2, 0.25) is 0 Å². The Hall–Kier alpha value is -4.04. The molecule has 1 amide bonds. The predicted octanol–water partition coefficient (Wildman–Crippen LogP) is 4.60. The number of benzene rings is 2. The summed E-state index contributed by atoms with van der Waals surface area (Å²) in [6.45, 7) is -2.97. The van der Waals surface area contributed by atoms with Gasteiger partial charge in [0.25, 0.3) is 5.91 Å². The Kier molecular flexibility index (Phi) is 5.03. The Morgan fingerprint density at radius 2 is 1.83 bits per heavy atom. The van der Waals surface area contributed by atoms with E-state index in [4.69, 9.17) is 4.11 Å². The lowest BCUT2D eigenvalue weighted by Crippen LogP contribution is -2.31. The van der Waals surface area contributed by atoms with Crippen molar-refractivity contribution in [1.29, 1.82) is 0 Å². The quantitative estimate of drug-likeness (QED) is 0.265. The molecule has 10 nitrogen and oxygen atoms in total. The molecule has 1 saturated carbocycles. The lowest BCUT2D eigenvalue weighted by Gasteiger charge is -2.24. The summed E-state index contributed by atoms with van der Waals surface area (Å²) in [6, 6.07) is 6.36. The number of aliphatic hydroxyl groups is 1. The number of aromatic nitrogens is 4. The van der Waals surface area contributed by atoms with Crippen molar-refractivity contribution in [2.75, 3.05) is 6.98 Å². The van der Waals surface area contributed by atoms with Gasteiger partial charge >= 0.3 is 15.6 Å². The van der Waals surface area contributed by atoms with Crippen LogP contribution in [0.2, 0.25) is 0 Å². The van der Waals surface area contributed by atoms with E-state index in [2.05, 4.69) is 19.1 Å². The molecular weight excluding hydrogens is 575 g/mol. The number of hydrogen-bond acceptors (Lipinski definition) is 8. The molecule has 218 valence electrons. The zero-order valence-corrected chi connectivity index (χ0v) is 22.5. The van der Waals surface area contributed by atoms with Gasteiger partial charge in [-0.2, -0.15) is 21.6 Å². The van der Waals surface area contributed by atoms with Crippen LogP contribution in [0.5, 0.6) is 5.75 Å². The number of amides is 1. The fourth-order valence-corrected chi connectivity index (χ4v) is 6.70. The van der Waals surface area contributed by atoms with Crippen LogP contribution < -0.4 is 4.18 Å². The highest BCUT2D eigenvalue weighted by atomic mass is 32.2. The van der Waals surface area contributed by atoms with E-state index in [0.717, 1.165) is 25.0 Å². The van der Waals surface area contributed by atoms with Crippen molar-refractivity contribution in [1.82, 2.24) is 24.4 Å². The summed E-state index contributed by atoms with van der Waals surface area (Å²) in [5.74, 6) is -1.26. The molecule has 0 radical (unpaired) electrons. The second kappa shape index (κ2) is 8.98. The van der Waals surface area contributed by atoms with Gasteiger partial charge in [0, 0.05) is 46.6 Å². The average Bonchev–Trinajstić information content (AvgIpc) is 3.64. The third-order valence-corrected chi connectivity index (χ3v) is 9.21. The Morgan fingerprint density at radius 1 is 1.10 bits per heavy atom. The summed E-state index contributed by atoms with van der Waals surface area (Å²) in [5.41, 5.74) is -5.25. The van der Waals surface area contributed by atoms with Crippen LogP contribution in [0.4, 0.5) is 13.2 Å². The first-order chi connectivity index (χ1) is 21.1. The number of imidazole rings is 1. The number of carbonyl (C=O) groups is 1. The van der Waals surface area contributed by atoms with Gasteiger partial charge in [0.1, 0.15) is 17.2 Å². The molecule has 0 spiro atoms. The molecule has 0 unspecified atom stereocenters. The molecule has 42 heavy (non-hydrogen) atoms. The molecule has 2 aliphatic heterocycles. The van der Waals surface area contributed by atoms with Crippen molar-refractivity contribution in [3.63, 3.8) is 0 Å². The molecule has 14 heteroatoms. The summed E-state index contributed by atoms with van der Waals surface area (Å²) in [4.78, 5) is 27.7. The number of nitrogens with zero attached hydrogens (tertiary/aromatic N) is 5. The summed E-state index contributed by atoms with van der Waals surface area (Å²) < 4.78 is 94.8. The smallest absolute Gasteiger partial charge is 0.382 e. The van der Waals surface area contributed by atoms with Crippen molar-refractivity contribution in [3.8, 4) is 16.9 Å². The van der Waals surface area contributed by atoms with Gasteiger partial charge in [-0.15, -0.1) is 0 Å².